The highest BCUT2D eigenvalue weighted by Gasteiger charge is 2.16. The molecule has 0 amide bonds. The van der Waals surface area contributed by atoms with Crippen LogP contribution in [0.4, 0.5) is 5.82 Å². The molecule has 1 aliphatic heterocycles. The minimum atomic E-state index is 0.226. The van der Waals surface area contributed by atoms with Gasteiger partial charge in [-0.3, -0.25) is 9.88 Å². The normalized spacial score (nSPS) is 17.4. The van der Waals surface area contributed by atoms with Crippen LogP contribution in [0.3, 0.4) is 0 Å². The van der Waals surface area contributed by atoms with E-state index in [1.54, 1.807) is 12.4 Å². The number of aromatic nitrogens is 3. The van der Waals surface area contributed by atoms with Crippen LogP contribution in [0, 0.1) is 0 Å². The first kappa shape index (κ1) is 13.2. The van der Waals surface area contributed by atoms with Crippen molar-refractivity contribution in [3.05, 3.63) is 24.5 Å². The molecule has 20 heavy (non-hydrogen) atoms. The summed E-state index contributed by atoms with van der Waals surface area (Å²) in [5.41, 5.74) is 1.52. The van der Waals surface area contributed by atoms with Crippen LogP contribution in [0.5, 0.6) is 0 Å². The van der Waals surface area contributed by atoms with E-state index in [0.717, 1.165) is 50.5 Å². The van der Waals surface area contributed by atoms with Crippen molar-refractivity contribution in [2.24, 2.45) is 0 Å². The number of nitrogens with zero attached hydrogens (tertiary/aromatic N) is 5. The minimum absolute atomic E-state index is 0.226. The molecule has 106 valence electrons. The van der Waals surface area contributed by atoms with E-state index < -0.39 is 0 Å². The average molecular weight is 273 g/mol. The molecule has 0 atom stereocenters. The van der Waals surface area contributed by atoms with Crippen LogP contribution in [0.15, 0.2) is 24.5 Å². The Hall–Kier alpha value is -1.79. The highest BCUT2D eigenvalue weighted by Crippen LogP contribution is 2.16. The Morgan fingerprint density at radius 3 is 2.85 bits per heavy atom. The van der Waals surface area contributed by atoms with Gasteiger partial charge in [0.25, 0.3) is 0 Å². The molecule has 0 aliphatic carbocycles. The highest BCUT2D eigenvalue weighted by molar-refractivity contribution is 5.71. The third-order valence-corrected chi connectivity index (χ3v) is 3.65. The summed E-state index contributed by atoms with van der Waals surface area (Å²) in [5.74, 6) is 0.962. The van der Waals surface area contributed by atoms with Crippen molar-refractivity contribution in [2.45, 2.75) is 6.42 Å². The summed E-state index contributed by atoms with van der Waals surface area (Å²) in [5, 5.41) is 9.03. The summed E-state index contributed by atoms with van der Waals surface area (Å²) in [4.78, 5) is 17.7. The smallest absolute Gasteiger partial charge is 0.180 e. The van der Waals surface area contributed by atoms with Crippen molar-refractivity contribution >= 4 is 17.0 Å². The standard InChI is InChI=1S/C14H19N5O/c20-11-10-18-6-1-7-19(9-8-18)13-3-2-12-14(17-13)16-5-4-15-12/h2-5,20H,1,6-11H2. The molecule has 3 heterocycles. The number of aliphatic hydroxyl groups is 1. The van der Waals surface area contributed by atoms with Gasteiger partial charge in [-0.25, -0.2) is 9.97 Å². The van der Waals surface area contributed by atoms with E-state index in [1.165, 1.54) is 0 Å². The molecule has 1 fully saturated rings. The maximum Gasteiger partial charge on any atom is 0.180 e. The van der Waals surface area contributed by atoms with Gasteiger partial charge < -0.3 is 10.0 Å². The van der Waals surface area contributed by atoms with Crippen molar-refractivity contribution in [2.75, 3.05) is 44.2 Å². The first-order valence-electron chi connectivity index (χ1n) is 7.03. The molecule has 2 aromatic heterocycles. The fourth-order valence-electron chi connectivity index (χ4n) is 2.59. The van der Waals surface area contributed by atoms with Gasteiger partial charge in [-0.15, -0.1) is 0 Å². The quantitative estimate of drug-likeness (QED) is 0.880. The number of hydrogen-bond acceptors (Lipinski definition) is 6. The zero-order valence-corrected chi connectivity index (χ0v) is 11.4. The van der Waals surface area contributed by atoms with Gasteiger partial charge >= 0.3 is 0 Å². The van der Waals surface area contributed by atoms with Crippen LogP contribution in [-0.4, -0.2) is 64.3 Å². The number of aliphatic hydroxyl groups excluding tert-OH is 1. The number of fused-ring (bicyclic) bond motifs is 1. The van der Waals surface area contributed by atoms with Crippen LogP contribution in [0.2, 0.25) is 0 Å². The molecule has 0 aromatic carbocycles. The van der Waals surface area contributed by atoms with E-state index in [-0.39, 0.29) is 6.61 Å². The van der Waals surface area contributed by atoms with Crippen LogP contribution in [-0.2, 0) is 0 Å². The van der Waals surface area contributed by atoms with Gasteiger partial charge in [0.2, 0.25) is 0 Å². The van der Waals surface area contributed by atoms with Gasteiger partial charge in [-0.1, -0.05) is 0 Å². The third-order valence-electron chi connectivity index (χ3n) is 3.65. The summed E-state index contributed by atoms with van der Waals surface area (Å²) in [6.45, 7) is 4.89. The van der Waals surface area contributed by atoms with Crippen LogP contribution >= 0.6 is 0 Å². The third kappa shape index (κ3) is 2.86. The number of pyridine rings is 1. The van der Waals surface area contributed by atoms with E-state index >= 15 is 0 Å². The van der Waals surface area contributed by atoms with Crippen molar-refractivity contribution in [3.63, 3.8) is 0 Å². The fourth-order valence-corrected chi connectivity index (χ4v) is 2.59. The van der Waals surface area contributed by atoms with E-state index in [2.05, 4.69) is 24.8 Å². The molecule has 0 spiro atoms. The Labute approximate surface area is 118 Å². The van der Waals surface area contributed by atoms with Crippen LogP contribution < -0.4 is 4.90 Å². The molecular formula is C14H19N5O. The number of β-amino-alcohol motifs (C(OH)–C–C–N with tert-alkyl or cyclic N) is 1. The summed E-state index contributed by atoms with van der Waals surface area (Å²) >= 11 is 0. The second-order valence-corrected chi connectivity index (χ2v) is 4.97. The molecule has 0 saturated carbocycles. The first-order valence-corrected chi connectivity index (χ1v) is 7.03. The van der Waals surface area contributed by atoms with Crippen LogP contribution in [0.25, 0.3) is 11.2 Å². The van der Waals surface area contributed by atoms with Crippen molar-refractivity contribution in [1.82, 2.24) is 19.9 Å². The Bertz CT molecular complexity index is 576. The second-order valence-electron chi connectivity index (χ2n) is 4.97. The SMILES string of the molecule is OCCN1CCCN(c2ccc3nccnc3n2)CC1. The average Bonchev–Trinajstić information content (AvgIpc) is 2.73. The molecule has 0 radical (unpaired) electrons. The van der Waals surface area contributed by atoms with Gasteiger partial charge in [-0.2, -0.15) is 0 Å². The molecule has 1 saturated heterocycles. The topological polar surface area (TPSA) is 65.4 Å². The molecule has 0 bridgehead atoms. The lowest BCUT2D eigenvalue weighted by molar-refractivity contribution is 0.204. The molecule has 6 nitrogen and oxygen atoms in total. The van der Waals surface area contributed by atoms with Crippen molar-refractivity contribution in [1.29, 1.82) is 0 Å². The molecule has 0 unspecified atom stereocenters. The fraction of sp³-hybridized carbons (Fsp3) is 0.500. The lowest BCUT2D eigenvalue weighted by Crippen LogP contribution is -2.32. The van der Waals surface area contributed by atoms with Crippen molar-refractivity contribution < 1.29 is 5.11 Å². The van der Waals surface area contributed by atoms with E-state index in [1.807, 2.05) is 12.1 Å². The maximum absolute atomic E-state index is 9.03. The molecule has 2 aromatic rings. The Morgan fingerprint density at radius 1 is 1.05 bits per heavy atom. The van der Waals surface area contributed by atoms with Gasteiger partial charge in [-0.05, 0) is 25.1 Å². The van der Waals surface area contributed by atoms with Gasteiger partial charge in [0, 0.05) is 38.6 Å². The van der Waals surface area contributed by atoms with Crippen LogP contribution in [0.1, 0.15) is 6.42 Å². The summed E-state index contributed by atoms with van der Waals surface area (Å²) < 4.78 is 0. The molecule has 6 heteroatoms. The van der Waals surface area contributed by atoms with E-state index in [4.69, 9.17) is 5.11 Å². The Kier molecular flexibility index (Phi) is 4.03. The van der Waals surface area contributed by atoms with Crippen molar-refractivity contribution in [3.8, 4) is 0 Å². The van der Waals surface area contributed by atoms with Gasteiger partial charge in [0.05, 0.1) is 6.61 Å². The first-order chi connectivity index (χ1) is 9.86. The predicted molar refractivity (Wildman–Crippen MR) is 77.7 cm³/mol. The Balaban J connectivity index is 1.77. The lowest BCUT2D eigenvalue weighted by atomic mass is 10.3. The number of anilines is 1. The Morgan fingerprint density at radius 2 is 1.95 bits per heavy atom. The summed E-state index contributed by atoms with van der Waals surface area (Å²) in [6.07, 6.45) is 4.44. The van der Waals surface area contributed by atoms with E-state index in [0.29, 0.717) is 5.65 Å². The molecule has 1 aliphatic rings. The lowest BCUT2D eigenvalue weighted by Gasteiger charge is -2.22. The van der Waals surface area contributed by atoms with Gasteiger partial charge in [0.1, 0.15) is 11.3 Å². The minimum Gasteiger partial charge on any atom is -0.395 e. The predicted octanol–water partition coefficient (Wildman–Crippen LogP) is 0.529. The van der Waals surface area contributed by atoms with E-state index in [9.17, 15) is 0 Å². The van der Waals surface area contributed by atoms with Gasteiger partial charge in [0.15, 0.2) is 5.65 Å². The summed E-state index contributed by atoms with van der Waals surface area (Å²) in [7, 11) is 0. The number of rotatable bonds is 3. The molecular weight excluding hydrogens is 254 g/mol. The summed E-state index contributed by atoms with van der Waals surface area (Å²) in [6, 6.07) is 3.99. The highest BCUT2D eigenvalue weighted by atomic mass is 16.3. The maximum atomic E-state index is 9.03. The zero-order valence-electron chi connectivity index (χ0n) is 11.4. The molecule has 1 N–H and O–H groups in total. The number of hydrogen-bond donors (Lipinski definition) is 1. The zero-order chi connectivity index (χ0) is 13.8. The molecule has 3 rings (SSSR count). The largest absolute Gasteiger partial charge is 0.395 e. The second kappa shape index (κ2) is 6.11. The monoisotopic (exact) mass is 273 g/mol.